The van der Waals surface area contributed by atoms with Crippen molar-refractivity contribution in [2.45, 2.75) is 12.2 Å². The number of fused-ring (bicyclic) bond motifs is 1. The van der Waals surface area contributed by atoms with E-state index in [4.69, 9.17) is 5.73 Å². The van der Waals surface area contributed by atoms with Gasteiger partial charge in [0.1, 0.15) is 6.10 Å². The standard InChI is InChI=1S/C11H12N2O4/c12-4-7(14)9(15)5-2-1-3-6-8(5)10(16)11(17)13-6/h1-3,7,9,14-15H,4,12H2,(H,13,16,17). The molecule has 1 heterocycles. The SMILES string of the molecule is NCC(O)C(O)c1cccc2c1C(=O)C(=O)N2. The summed E-state index contributed by atoms with van der Waals surface area (Å²) in [4.78, 5) is 22.8. The second-order valence-electron chi connectivity index (χ2n) is 3.80. The lowest BCUT2D eigenvalue weighted by Crippen LogP contribution is -2.28. The lowest BCUT2D eigenvalue weighted by atomic mass is 9.96. The molecule has 0 spiro atoms. The van der Waals surface area contributed by atoms with Gasteiger partial charge in [-0.25, -0.2) is 0 Å². The molecule has 90 valence electrons. The monoisotopic (exact) mass is 236 g/mol. The van der Waals surface area contributed by atoms with Crippen LogP contribution in [-0.4, -0.2) is 34.6 Å². The molecule has 6 nitrogen and oxygen atoms in total. The smallest absolute Gasteiger partial charge is 0.296 e. The lowest BCUT2D eigenvalue weighted by molar-refractivity contribution is -0.112. The molecule has 2 unspecified atom stereocenters. The number of Topliss-reactive ketones (excluding diaryl/α,β-unsaturated/α-hetero) is 1. The number of hydrogen-bond acceptors (Lipinski definition) is 5. The zero-order valence-corrected chi connectivity index (χ0v) is 8.88. The number of aliphatic hydroxyl groups is 2. The molecule has 0 saturated carbocycles. The average molecular weight is 236 g/mol. The Morgan fingerprint density at radius 1 is 1.29 bits per heavy atom. The minimum Gasteiger partial charge on any atom is -0.389 e. The fraction of sp³-hybridized carbons (Fsp3) is 0.273. The molecule has 17 heavy (non-hydrogen) atoms. The number of benzene rings is 1. The van der Waals surface area contributed by atoms with Crippen LogP contribution in [0.25, 0.3) is 0 Å². The Labute approximate surface area is 97.1 Å². The minimum atomic E-state index is -1.29. The summed E-state index contributed by atoms with van der Waals surface area (Å²) in [6.07, 6.45) is -2.46. The second kappa shape index (κ2) is 4.25. The largest absolute Gasteiger partial charge is 0.389 e. The highest BCUT2D eigenvalue weighted by atomic mass is 16.3. The molecular formula is C11H12N2O4. The number of carbonyl (C=O) groups is 2. The van der Waals surface area contributed by atoms with Gasteiger partial charge in [0.25, 0.3) is 11.7 Å². The first-order chi connectivity index (χ1) is 8.06. The van der Waals surface area contributed by atoms with Crippen LogP contribution in [0.4, 0.5) is 5.69 Å². The van der Waals surface area contributed by atoms with E-state index in [0.29, 0.717) is 5.69 Å². The van der Waals surface area contributed by atoms with E-state index in [9.17, 15) is 19.8 Å². The van der Waals surface area contributed by atoms with Gasteiger partial charge < -0.3 is 21.3 Å². The van der Waals surface area contributed by atoms with Crippen LogP contribution in [0.3, 0.4) is 0 Å². The Morgan fingerprint density at radius 2 is 2.00 bits per heavy atom. The molecule has 1 aliphatic rings. The van der Waals surface area contributed by atoms with Crippen molar-refractivity contribution in [2.75, 3.05) is 11.9 Å². The molecule has 2 rings (SSSR count). The Morgan fingerprint density at radius 3 is 2.65 bits per heavy atom. The third-order valence-electron chi connectivity index (χ3n) is 2.70. The molecule has 5 N–H and O–H groups in total. The molecule has 0 fully saturated rings. The lowest BCUT2D eigenvalue weighted by Gasteiger charge is -2.18. The summed E-state index contributed by atoms with van der Waals surface area (Å²) in [7, 11) is 0. The fourth-order valence-corrected chi connectivity index (χ4v) is 1.80. The Hall–Kier alpha value is -1.76. The van der Waals surface area contributed by atoms with E-state index in [2.05, 4.69) is 5.32 Å². The van der Waals surface area contributed by atoms with Crippen LogP contribution < -0.4 is 11.1 Å². The van der Waals surface area contributed by atoms with Crippen molar-refractivity contribution < 1.29 is 19.8 Å². The van der Waals surface area contributed by atoms with E-state index in [1.54, 1.807) is 12.1 Å². The molecular weight excluding hydrogens is 224 g/mol. The van der Waals surface area contributed by atoms with E-state index in [-0.39, 0.29) is 17.7 Å². The third-order valence-corrected chi connectivity index (χ3v) is 2.70. The van der Waals surface area contributed by atoms with Gasteiger partial charge in [0.05, 0.1) is 17.4 Å². The van der Waals surface area contributed by atoms with Crippen LogP contribution in [0, 0.1) is 0 Å². The van der Waals surface area contributed by atoms with Gasteiger partial charge in [-0.05, 0) is 11.6 Å². The highest BCUT2D eigenvalue weighted by Gasteiger charge is 2.33. The van der Waals surface area contributed by atoms with Crippen LogP contribution in [-0.2, 0) is 4.79 Å². The highest BCUT2D eigenvalue weighted by Crippen LogP contribution is 2.31. The maximum Gasteiger partial charge on any atom is 0.296 e. The quantitative estimate of drug-likeness (QED) is 0.512. The Bertz CT molecular complexity index is 486. The molecule has 0 aliphatic carbocycles. The topological polar surface area (TPSA) is 113 Å². The van der Waals surface area contributed by atoms with Crippen LogP contribution in [0.15, 0.2) is 18.2 Å². The van der Waals surface area contributed by atoms with Gasteiger partial charge in [0.2, 0.25) is 0 Å². The Kier molecular flexibility index (Phi) is 2.93. The number of amides is 1. The number of ketones is 1. The molecule has 1 aromatic carbocycles. The predicted octanol–water partition coefficient (Wildman–Crippen LogP) is -0.826. The summed E-state index contributed by atoms with van der Waals surface area (Å²) in [5, 5.41) is 21.7. The minimum absolute atomic E-state index is 0.109. The van der Waals surface area contributed by atoms with E-state index in [1.807, 2.05) is 0 Å². The van der Waals surface area contributed by atoms with E-state index < -0.39 is 23.9 Å². The van der Waals surface area contributed by atoms with Gasteiger partial charge in [0.15, 0.2) is 0 Å². The third kappa shape index (κ3) is 1.82. The van der Waals surface area contributed by atoms with E-state index in [1.165, 1.54) is 6.07 Å². The normalized spacial score (nSPS) is 17.6. The number of nitrogens with one attached hydrogen (secondary N) is 1. The van der Waals surface area contributed by atoms with E-state index >= 15 is 0 Å². The summed E-state index contributed by atoms with van der Waals surface area (Å²) in [5.41, 5.74) is 5.91. The van der Waals surface area contributed by atoms with Crippen LogP contribution in [0.2, 0.25) is 0 Å². The van der Waals surface area contributed by atoms with Crippen molar-refractivity contribution in [3.05, 3.63) is 29.3 Å². The average Bonchev–Trinajstić information content (AvgIpc) is 2.63. The van der Waals surface area contributed by atoms with Gasteiger partial charge in [-0.1, -0.05) is 12.1 Å². The number of rotatable bonds is 3. The molecule has 0 saturated heterocycles. The van der Waals surface area contributed by atoms with Crippen molar-refractivity contribution >= 4 is 17.4 Å². The first-order valence-corrected chi connectivity index (χ1v) is 5.11. The maximum atomic E-state index is 11.6. The Balaban J connectivity index is 2.48. The molecule has 2 atom stereocenters. The highest BCUT2D eigenvalue weighted by molar-refractivity contribution is 6.52. The number of hydrogen-bond donors (Lipinski definition) is 4. The summed E-state index contributed by atoms with van der Waals surface area (Å²) in [5.74, 6) is -1.44. The summed E-state index contributed by atoms with van der Waals surface area (Å²) in [6, 6.07) is 4.63. The zero-order chi connectivity index (χ0) is 12.6. The van der Waals surface area contributed by atoms with Crippen LogP contribution >= 0.6 is 0 Å². The summed E-state index contributed by atoms with van der Waals surface area (Å²) in [6.45, 7) is -0.138. The van der Waals surface area contributed by atoms with Crippen molar-refractivity contribution in [3.63, 3.8) is 0 Å². The number of aliphatic hydroxyl groups excluding tert-OH is 2. The van der Waals surface area contributed by atoms with Gasteiger partial charge in [-0.3, -0.25) is 9.59 Å². The van der Waals surface area contributed by atoms with Gasteiger partial charge in [-0.15, -0.1) is 0 Å². The van der Waals surface area contributed by atoms with Crippen molar-refractivity contribution in [1.29, 1.82) is 0 Å². The number of carbonyl (C=O) groups excluding carboxylic acids is 2. The zero-order valence-electron chi connectivity index (χ0n) is 8.88. The second-order valence-corrected chi connectivity index (χ2v) is 3.80. The first kappa shape index (κ1) is 11.7. The van der Waals surface area contributed by atoms with Gasteiger partial charge >= 0.3 is 0 Å². The molecule has 6 heteroatoms. The van der Waals surface area contributed by atoms with Crippen molar-refractivity contribution in [1.82, 2.24) is 0 Å². The van der Waals surface area contributed by atoms with E-state index in [0.717, 1.165) is 0 Å². The summed E-state index contributed by atoms with van der Waals surface area (Å²) >= 11 is 0. The molecule has 0 bridgehead atoms. The molecule has 1 aromatic rings. The maximum absolute atomic E-state index is 11.6. The molecule has 0 aromatic heterocycles. The summed E-state index contributed by atoms with van der Waals surface area (Å²) < 4.78 is 0. The number of anilines is 1. The fourth-order valence-electron chi connectivity index (χ4n) is 1.80. The number of nitrogens with two attached hydrogens (primary N) is 1. The predicted molar refractivity (Wildman–Crippen MR) is 59.4 cm³/mol. The van der Waals surface area contributed by atoms with Crippen molar-refractivity contribution in [2.24, 2.45) is 5.73 Å². The first-order valence-electron chi connectivity index (χ1n) is 5.11. The molecule has 0 radical (unpaired) electrons. The molecule has 1 amide bonds. The van der Waals surface area contributed by atoms with Gasteiger partial charge in [0, 0.05) is 6.54 Å². The van der Waals surface area contributed by atoms with Crippen molar-refractivity contribution in [3.8, 4) is 0 Å². The molecule has 1 aliphatic heterocycles. The van der Waals surface area contributed by atoms with Crippen LogP contribution in [0.1, 0.15) is 22.0 Å². The van der Waals surface area contributed by atoms with Gasteiger partial charge in [-0.2, -0.15) is 0 Å². The van der Waals surface area contributed by atoms with Crippen LogP contribution in [0.5, 0.6) is 0 Å².